The van der Waals surface area contributed by atoms with Gasteiger partial charge in [-0.3, -0.25) is 18.7 Å². The number of carbonyl (C=O) groups is 1. The quantitative estimate of drug-likeness (QED) is 0.646. The van der Waals surface area contributed by atoms with E-state index in [4.69, 9.17) is 11.6 Å². The molecule has 0 radical (unpaired) electrons. The van der Waals surface area contributed by atoms with Gasteiger partial charge >= 0.3 is 11.9 Å². The number of carbonyl (C=O) groups excluding carboxylic acids is 1. The molecule has 0 spiro atoms. The van der Waals surface area contributed by atoms with E-state index in [0.29, 0.717) is 5.56 Å². The second-order valence-corrected chi connectivity index (χ2v) is 7.06. The normalized spacial score (nSPS) is 11.8. The number of halogens is 4. The highest BCUT2D eigenvalue weighted by atomic mass is 35.5. The van der Waals surface area contributed by atoms with Gasteiger partial charge in [-0.15, -0.1) is 0 Å². The first-order chi connectivity index (χ1) is 14.0. The molecule has 12 heteroatoms. The lowest BCUT2D eigenvalue weighted by Gasteiger charge is -2.11. The summed E-state index contributed by atoms with van der Waals surface area (Å²) in [6, 6.07) is 3.14. The third-order valence-corrected chi connectivity index (χ3v) is 4.91. The molecule has 3 aromatic rings. The van der Waals surface area contributed by atoms with Crippen molar-refractivity contribution in [2.24, 2.45) is 14.1 Å². The van der Waals surface area contributed by atoms with Gasteiger partial charge in [0.05, 0.1) is 23.3 Å². The molecule has 0 bridgehead atoms. The molecule has 0 atom stereocenters. The van der Waals surface area contributed by atoms with Crippen molar-refractivity contribution < 1.29 is 18.0 Å². The zero-order valence-corrected chi connectivity index (χ0v) is 16.7. The van der Waals surface area contributed by atoms with E-state index in [-0.39, 0.29) is 30.7 Å². The smallest absolute Gasteiger partial charge is 0.354 e. The molecule has 0 aliphatic carbocycles. The van der Waals surface area contributed by atoms with Gasteiger partial charge in [0.1, 0.15) is 0 Å². The van der Waals surface area contributed by atoms with Gasteiger partial charge in [0.2, 0.25) is 5.91 Å². The van der Waals surface area contributed by atoms with Crippen molar-refractivity contribution in [1.29, 1.82) is 0 Å². The molecule has 0 fully saturated rings. The first kappa shape index (κ1) is 21.6. The monoisotopic (exact) mass is 443 g/mol. The Morgan fingerprint density at radius 1 is 1.20 bits per heavy atom. The third-order valence-electron chi connectivity index (χ3n) is 4.60. The Morgan fingerprint density at radius 3 is 2.53 bits per heavy atom. The van der Waals surface area contributed by atoms with Crippen LogP contribution in [0.4, 0.5) is 13.2 Å². The number of hydrogen-bond acceptors (Lipinski definition) is 4. The molecule has 1 N–H and O–H groups in total. The van der Waals surface area contributed by atoms with Gasteiger partial charge in [-0.2, -0.15) is 13.2 Å². The van der Waals surface area contributed by atoms with Crippen LogP contribution in [-0.4, -0.2) is 31.1 Å². The lowest BCUT2D eigenvalue weighted by Crippen LogP contribution is -2.38. The Kier molecular flexibility index (Phi) is 5.75. The van der Waals surface area contributed by atoms with Gasteiger partial charge in [-0.05, 0) is 17.7 Å². The van der Waals surface area contributed by atoms with E-state index in [1.165, 1.54) is 35.6 Å². The molecule has 2 aromatic heterocycles. The number of amides is 1. The van der Waals surface area contributed by atoms with Crippen molar-refractivity contribution in [2.45, 2.75) is 19.1 Å². The lowest BCUT2D eigenvalue weighted by molar-refractivity contribution is -0.137. The predicted octanol–water partition coefficient (Wildman–Crippen LogP) is 1.46. The van der Waals surface area contributed by atoms with E-state index in [1.54, 1.807) is 0 Å². The molecular formula is C18H17ClF3N5O3. The van der Waals surface area contributed by atoms with Crippen LogP contribution in [0.1, 0.15) is 11.1 Å². The molecule has 0 saturated carbocycles. The zero-order valence-electron chi connectivity index (χ0n) is 16.0. The lowest BCUT2D eigenvalue weighted by atomic mass is 10.1. The number of imidazole rings is 1. The summed E-state index contributed by atoms with van der Waals surface area (Å²) in [4.78, 5) is 40.5. The number of hydrogen-bond donors (Lipinski definition) is 1. The van der Waals surface area contributed by atoms with Crippen LogP contribution in [0.5, 0.6) is 0 Å². The molecule has 8 nitrogen and oxygen atoms in total. The molecule has 1 aromatic carbocycles. The van der Waals surface area contributed by atoms with Crippen LogP contribution in [0.2, 0.25) is 5.02 Å². The minimum absolute atomic E-state index is 0.144. The number of benzene rings is 1. The maximum Gasteiger partial charge on any atom is 0.417 e. The molecule has 3 rings (SSSR count). The highest BCUT2D eigenvalue weighted by Gasteiger charge is 2.33. The Bertz CT molecular complexity index is 1240. The molecule has 0 saturated heterocycles. The molecule has 0 aliphatic heterocycles. The minimum atomic E-state index is -4.56. The summed E-state index contributed by atoms with van der Waals surface area (Å²) in [7, 11) is 2.86. The van der Waals surface area contributed by atoms with Crippen molar-refractivity contribution >= 4 is 28.7 Å². The molecule has 0 aliphatic rings. The van der Waals surface area contributed by atoms with E-state index < -0.39 is 33.9 Å². The number of fused-ring (bicyclic) bond motifs is 1. The number of nitrogens with one attached hydrogen (secondary N) is 1. The predicted molar refractivity (Wildman–Crippen MR) is 103 cm³/mol. The van der Waals surface area contributed by atoms with Gasteiger partial charge in [-0.1, -0.05) is 17.7 Å². The Morgan fingerprint density at radius 2 is 1.90 bits per heavy atom. The Labute approximate surface area is 172 Å². The highest BCUT2D eigenvalue weighted by molar-refractivity contribution is 6.31. The van der Waals surface area contributed by atoms with E-state index in [2.05, 4.69) is 10.3 Å². The van der Waals surface area contributed by atoms with Crippen LogP contribution in [0.15, 0.2) is 34.1 Å². The van der Waals surface area contributed by atoms with Gasteiger partial charge < -0.3 is 9.88 Å². The highest BCUT2D eigenvalue weighted by Crippen LogP contribution is 2.34. The van der Waals surface area contributed by atoms with Gasteiger partial charge in [0, 0.05) is 27.2 Å². The topological polar surface area (TPSA) is 90.9 Å². The minimum Gasteiger partial charge on any atom is -0.354 e. The second kappa shape index (κ2) is 7.98. The summed E-state index contributed by atoms with van der Waals surface area (Å²) in [6.07, 6.45) is -3.32. The first-order valence-corrected chi connectivity index (χ1v) is 9.11. The largest absolute Gasteiger partial charge is 0.417 e. The summed E-state index contributed by atoms with van der Waals surface area (Å²) in [5, 5.41) is 2.16. The molecular weight excluding hydrogens is 427 g/mol. The summed E-state index contributed by atoms with van der Waals surface area (Å²) in [5.41, 5.74) is -1.17. The number of aryl methyl sites for hydroxylation is 1. The van der Waals surface area contributed by atoms with Crippen LogP contribution in [0.25, 0.3) is 11.2 Å². The fourth-order valence-electron chi connectivity index (χ4n) is 3.03. The summed E-state index contributed by atoms with van der Waals surface area (Å²) in [6.45, 7) is 0.355. The fourth-order valence-corrected chi connectivity index (χ4v) is 3.34. The molecule has 0 unspecified atom stereocenters. The fraction of sp³-hybridized carbons (Fsp3) is 0.333. The first-order valence-electron chi connectivity index (χ1n) is 8.74. The second-order valence-electron chi connectivity index (χ2n) is 6.65. The Hall–Kier alpha value is -3.08. The SMILES string of the molecule is Cn1c(=O)c2c(ncn2CCNC(=O)Cc2ccc(C(F)(F)F)c(Cl)c2)n(C)c1=O. The van der Waals surface area contributed by atoms with Crippen molar-refractivity contribution in [2.75, 3.05) is 6.54 Å². The molecule has 160 valence electrons. The maximum atomic E-state index is 12.7. The van der Waals surface area contributed by atoms with Crippen molar-refractivity contribution in [3.63, 3.8) is 0 Å². The van der Waals surface area contributed by atoms with Gasteiger partial charge in [-0.25, -0.2) is 9.78 Å². The number of rotatable bonds is 5. The van der Waals surface area contributed by atoms with Gasteiger partial charge in [0.15, 0.2) is 11.2 Å². The van der Waals surface area contributed by atoms with E-state index in [1.807, 2.05) is 0 Å². The third kappa shape index (κ3) is 4.11. The summed E-state index contributed by atoms with van der Waals surface area (Å²) >= 11 is 5.66. The van der Waals surface area contributed by atoms with E-state index in [0.717, 1.165) is 16.7 Å². The van der Waals surface area contributed by atoms with Gasteiger partial charge in [0.25, 0.3) is 5.56 Å². The summed E-state index contributed by atoms with van der Waals surface area (Å²) in [5.74, 6) is -0.421. The van der Waals surface area contributed by atoms with Crippen molar-refractivity contribution in [3.8, 4) is 0 Å². The van der Waals surface area contributed by atoms with E-state index >= 15 is 0 Å². The standard InChI is InChI=1S/C18H17ClF3N5O3/c1-25-15-14(16(29)26(2)17(25)30)27(9-24-15)6-5-23-13(28)8-10-3-4-11(12(19)7-10)18(20,21)22/h3-4,7,9H,5-6,8H2,1-2H3,(H,23,28). The summed E-state index contributed by atoms with van der Waals surface area (Å²) < 4.78 is 42.0. The Balaban J connectivity index is 1.66. The number of alkyl halides is 3. The number of aromatic nitrogens is 4. The van der Waals surface area contributed by atoms with Crippen LogP contribution >= 0.6 is 11.6 Å². The molecule has 2 heterocycles. The number of nitrogens with zero attached hydrogens (tertiary/aromatic N) is 4. The van der Waals surface area contributed by atoms with E-state index in [9.17, 15) is 27.6 Å². The van der Waals surface area contributed by atoms with Crippen molar-refractivity contribution in [3.05, 3.63) is 61.5 Å². The molecule has 30 heavy (non-hydrogen) atoms. The average molecular weight is 444 g/mol. The van der Waals surface area contributed by atoms with Crippen LogP contribution in [0, 0.1) is 0 Å². The van der Waals surface area contributed by atoms with Crippen LogP contribution in [-0.2, 0) is 38.0 Å². The van der Waals surface area contributed by atoms with Crippen molar-refractivity contribution in [1.82, 2.24) is 24.0 Å². The average Bonchev–Trinajstić information content (AvgIpc) is 3.07. The zero-order chi connectivity index (χ0) is 22.2. The maximum absolute atomic E-state index is 12.7. The molecule has 1 amide bonds. The van der Waals surface area contributed by atoms with Crippen LogP contribution in [0.3, 0.4) is 0 Å². The van der Waals surface area contributed by atoms with Crippen LogP contribution < -0.4 is 16.6 Å².